The number of carbonyl (C=O) groups is 2. The Morgan fingerprint density at radius 1 is 1.28 bits per heavy atom. The molecular weight excluding hydrogens is 230 g/mol. The van der Waals surface area contributed by atoms with Crippen molar-refractivity contribution in [1.82, 2.24) is 4.90 Å². The molecular formula is C14H17NO3. The average Bonchev–Trinajstić information content (AvgIpc) is 2.40. The van der Waals surface area contributed by atoms with Crippen LogP contribution in [0.15, 0.2) is 30.3 Å². The molecule has 1 saturated heterocycles. The predicted molar refractivity (Wildman–Crippen MR) is 67.1 cm³/mol. The van der Waals surface area contributed by atoms with Crippen LogP contribution in [0.5, 0.6) is 5.75 Å². The Balaban J connectivity index is 1.95. The van der Waals surface area contributed by atoms with E-state index in [0.717, 1.165) is 19.4 Å². The first-order valence-electron chi connectivity index (χ1n) is 6.19. The Kier molecular flexibility index (Phi) is 3.97. The molecule has 1 aliphatic rings. The standard InChI is InChI=1S/C14H17NO3/c1-11(16)15-9-5-6-12(10-15)14(17)18-13-7-3-2-4-8-13/h2-4,7-8,12H,5-6,9-10H2,1H3. The third-order valence-corrected chi connectivity index (χ3v) is 3.16. The lowest BCUT2D eigenvalue weighted by Gasteiger charge is -2.30. The number of piperidine rings is 1. The summed E-state index contributed by atoms with van der Waals surface area (Å²) < 4.78 is 5.31. The topological polar surface area (TPSA) is 46.6 Å². The van der Waals surface area contributed by atoms with Crippen LogP contribution in [0.4, 0.5) is 0 Å². The number of amides is 1. The lowest BCUT2D eigenvalue weighted by Crippen LogP contribution is -2.42. The Labute approximate surface area is 107 Å². The lowest BCUT2D eigenvalue weighted by molar-refractivity contribution is -0.142. The third-order valence-electron chi connectivity index (χ3n) is 3.16. The molecule has 0 aromatic heterocycles. The number of hydrogen-bond donors (Lipinski definition) is 0. The van der Waals surface area contributed by atoms with Crippen LogP contribution >= 0.6 is 0 Å². The van der Waals surface area contributed by atoms with Crippen LogP contribution in [0.3, 0.4) is 0 Å². The Morgan fingerprint density at radius 3 is 2.67 bits per heavy atom. The maximum Gasteiger partial charge on any atom is 0.316 e. The summed E-state index contributed by atoms with van der Waals surface area (Å²) >= 11 is 0. The minimum absolute atomic E-state index is 0.0206. The highest BCUT2D eigenvalue weighted by Gasteiger charge is 2.28. The summed E-state index contributed by atoms with van der Waals surface area (Å²) in [4.78, 5) is 25.0. The quantitative estimate of drug-likeness (QED) is 0.592. The molecule has 4 heteroatoms. The SMILES string of the molecule is CC(=O)N1CCCC(C(=O)Oc2ccccc2)C1. The van der Waals surface area contributed by atoms with E-state index in [0.29, 0.717) is 12.3 Å². The molecule has 0 bridgehead atoms. The number of esters is 1. The molecule has 1 aromatic carbocycles. The van der Waals surface area contributed by atoms with E-state index in [-0.39, 0.29) is 17.8 Å². The molecule has 2 rings (SSSR count). The number of hydrogen-bond acceptors (Lipinski definition) is 3. The van der Waals surface area contributed by atoms with Gasteiger partial charge in [0.25, 0.3) is 0 Å². The van der Waals surface area contributed by atoms with Crippen molar-refractivity contribution in [3.63, 3.8) is 0 Å². The number of carbonyl (C=O) groups excluding carboxylic acids is 2. The van der Waals surface area contributed by atoms with Gasteiger partial charge in [0.2, 0.25) is 5.91 Å². The molecule has 1 atom stereocenters. The van der Waals surface area contributed by atoms with Gasteiger partial charge in [-0.25, -0.2) is 0 Å². The summed E-state index contributed by atoms with van der Waals surface area (Å²) in [7, 11) is 0. The van der Waals surface area contributed by atoms with Crippen LogP contribution in [0, 0.1) is 5.92 Å². The van der Waals surface area contributed by atoms with E-state index >= 15 is 0 Å². The number of nitrogens with zero attached hydrogens (tertiary/aromatic N) is 1. The molecule has 4 nitrogen and oxygen atoms in total. The van der Waals surface area contributed by atoms with Crippen molar-refractivity contribution in [3.8, 4) is 5.75 Å². The number of para-hydroxylation sites is 1. The Morgan fingerprint density at radius 2 is 2.00 bits per heavy atom. The first kappa shape index (κ1) is 12.6. The Hall–Kier alpha value is -1.84. The number of ether oxygens (including phenoxy) is 1. The van der Waals surface area contributed by atoms with Crippen molar-refractivity contribution in [2.75, 3.05) is 13.1 Å². The highest BCUT2D eigenvalue weighted by Crippen LogP contribution is 2.19. The highest BCUT2D eigenvalue weighted by molar-refractivity contribution is 5.78. The molecule has 1 aliphatic heterocycles. The number of likely N-dealkylation sites (tertiary alicyclic amines) is 1. The summed E-state index contributed by atoms with van der Waals surface area (Å²) in [6.45, 7) is 2.75. The first-order chi connectivity index (χ1) is 8.66. The molecule has 1 fully saturated rings. The van der Waals surface area contributed by atoms with E-state index in [9.17, 15) is 9.59 Å². The van der Waals surface area contributed by atoms with Gasteiger partial charge < -0.3 is 9.64 Å². The van der Waals surface area contributed by atoms with Gasteiger partial charge in [-0.15, -0.1) is 0 Å². The van der Waals surface area contributed by atoms with Crippen LogP contribution in [0.2, 0.25) is 0 Å². The van der Waals surface area contributed by atoms with Crippen molar-refractivity contribution in [2.45, 2.75) is 19.8 Å². The zero-order valence-electron chi connectivity index (χ0n) is 10.5. The molecule has 0 spiro atoms. The van der Waals surface area contributed by atoms with Gasteiger partial charge >= 0.3 is 5.97 Å². The monoisotopic (exact) mass is 247 g/mol. The molecule has 0 N–H and O–H groups in total. The van der Waals surface area contributed by atoms with E-state index in [2.05, 4.69) is 0 Å². The van der Waals surface area contributed by atoms with Crippen molar-refractivity contribution in [2.24, 2.45) is 5.92 Å². The van der Waals surface area contributed by atoms with E-state index in [1.807, 2.05) is 18.2 Å². The second kappa shape index (κ2) is 5.67. The van der Waals surface area contributed by atoms with Gasteiger partial charge in [0.15, 0.2) is 0 Å². The Bertz CT molecular complexity index is 430. The molecule has 0 aliphatic carbocycles. The van der Waals surface area contributed by atoms with Gasteiger partial charge in [-0.05, 0) is 25.0 Å². The fourth-order valence-corrected chi connectivity index (χ4v) is 2.14. The van der Waals surface area contributed by atoms with Crippen LogP contribution in [0.1, 0.15) is 19.8 Å². The van der Waals surface area contributed by atoms with Crippen molar-refractivity contribution in [1.29, 1.82) is 0 Å². The van der Waals surface area contributed by atoms with E-state index < -0.39 is 0 Å². The van der Waals surface area contributed by atoms with E-state index in [4.69, 9.17) is 4.74 Å². The van der Waals surface area contributed by atoms with Gasteiger partial charge in [0.1, 0.15) is 5.75 Å². The summed E-state index contributed by atoms with van der Waals surface area (Å²) in [5, 5.41) is 0. The highest BCUT2D eigenvalue weighted by atomic mass is 16.5. The van der Waals surface area contributed by atoms with Crippen LogP contribution < -0.4 is 4.74 Å². The van der Waals surface area contributed by atoms with Gasteiger partial charge in [0, 0.05) is 20.0 Å². The molecule has 0 saturated carbocycles. The van der Waals surface area contributed by atoms with Crippen LogP contribution in [-0.4, -0.2) is 29.9 Å². The lowest BCUT2D eigenvalue weighted by atomic mass is 9.98. The molecule has 96 valence electrons. The molecule has 1 aromatic rings. The third kappa shape index (κ3) is 3.09. The second-order valence-corrected chi connectivity index (χ2v) is 4.54. The van der Waals surface area contributed by atoms with E-state index in [1.54, 1.807) is 17.0 Å². The van der Waals surface area contributed by atoms with Gasteiger partial charge in [-0.2, -0.15) is 0 Å². The van der Waals surface area contributed by atoms with Crippen molar-refractivity contribution < 1.29 is 14.3 Å². The summed E-state index contributed by atoms with van der Waals surface area (Å²) in [6.07, 6.45) is 1.64. The van der Waals surface area contributed by atoms with Crippen molar-refractivity contribution >= 4 is 11.9 Å². The van der Waals surface area contributed by atoms with Crippen molar-refractivity contribution in [3.05, 3.63) is 30.3 Å². The maximum atomic E-state index is 12.0. The fraction of sp³-hybridized carbons (Fsp3) is 0.429. The predicted octanol–water partition coefficient (Wildman–Crippen LogP) is 1.85. The smallest absolute Gasteiger partial charge is 0.316 e. The number of rotatable bonds is 2. The largest absolute Gasteiger partial charge is 0.426 e. The van der Waals surface area contributed by atoms with Gasteiger partial charge in [-0.3, -0.25) is 9.59 Å². The zero-order valence-corrected chi connectivity index (χ0v) is 10.5. The van der Waals surface area contributed by atoms with Crippen LogP contribution in [-0.2, 0) is 9.59 Å². The second-order valence-electron chi connectivity index (χ2n) is 4.54. The zero-order chi connectivity index (χ0) is 13.0. The maximum absolute atomic E-state index is 12.0. The molecule has 18 heavy (non-hydrogen) atoms. The molecule has 1 heterocycles. The molecule has 1 amide bonds. The summed E-state index contributed by atoms with van der Waals surface area (Å²) in [5.41, 5.74) is 0. The summed E-state index contributed by atoms with van der Waals surface area (Å²) in [5.74, 6) is 0.129. The van der Waals surface area contributed by atoms with Gasteiger partial charge in [0.05, 0.1) is 5.92 Å². The normalized spacial score (nSPS) is 19.4. The summed E-state index contributed by atoms with van der Waals surface area (Å²) in [6, 6.07) is 9.03. The number of benzene rings is 1. The average molecular weight is 247 g/mol. The minimum atomic E-state index is -0.243. The molecule has 0 radical (unpaired) electrons. The van der Waals surface area contributed by atoms with Gasteiger partial charge in [-0.1, -0.05) is 18.2 Å². The first-order valence-corrected chi connectivity index (χ1v) is 6.19. The minimum Gasteiger partial charge on any atom is -0.426 e. The van der Waals surface area contributed by atoms with E-state index in [1.165, 1.54) is 6.92 Å². The van der Waals surface area contributed by atoms with Crippen LogP contribution in [0.25, 0.3) is 0 Å². The molecule has 1 unspecified atom stereocenters. The fourth-order valence-electron chi connectivity index (χ4n) is 2.14.